The molecule has 0 radical (unpaired) electrons. The van der Waals surface area contributed by atoms with Gasteiger partial charge >= 0.3 is 0 Å². The minimum atomic E-state index is -1.08. The molecule has 0 bridgehead atoms. The average Bonchev–Trinajstić information content (AvgIpc) is 3.41. The third-order valence-electron chi connectivity index (χ3n) is 4.98. The Balaban J connectivity index is 1.73. The number of nitrogens with zero attached hydrogens (tertiary/aromatic N) is 3. The van der Waals surface area contributed by atoms with Crippen molar-refractivity contribution in [3.8, 4) is 5.75 Å². The maximum atomic E-state index is 13.6. The Hall–Kier alpha value is -4.46. The maximum Gasteiger partial charge on any atom is 0.279 e. The van der Waals surface area contributed by atoms with Gasteiger partial charge < -0.3 is 14.5 Å². The summed E-state index contributed by atoms with van der Waals surface area (Å²) >= 11 is 0. The molecule has 0 saturated heterocycles. The first-order valence-electron chi connectivity index (χ1n) is 10.3. The van der Waals surface area contributed by atoms with E-state index in [1.807, 2.05) is 30.3 Å². The van der Waals surface area contributed by atoms with E-state index in [0.717, 1.165) is 5.56 Å². The van der Waals surface area contributed by atoms with E-state index in [1.165, 1.54) is 29.8 Å². The van der Waals surface area contributed by atoms with Crippen LogP contribution in [0.15, 0.2) is 96.0 Å². The molecule has 0 spiro atoms. The Kier molecular flexibility index (Phi) is 6.75. The van der Waals surface area contributed by atoms with Crippen LogP contribution in [0.5, 0.6) is 5.75 Å². The Morgan fingerprint density at radius 2 is 1.82 bits per heavy atom. The van der Waals surface area contributed by atoms with Crippen LogP contribution in [0.25, 0.3) is 0 Å². The first-order chi connectivity index (χ1) is 16.2. The Labute approximate surface area is 190 Å². The van der Waals surface area contributed by atoms with Crippen molar-refractivity contribution in [1.82, 2.24) is 15.3 Å². The molecule has 8 nitrogen and oxygen atoms in total. The number of methoxy groups -OCH3 is 1. The topological polar surface area (TPSA) is 97.6 Å². The second-order valence-electron chi connectivity index (χ2n) is 7.09. The zero-order chi connectivity index (χ0) is 23.0. The molecule has 4 rings (SSSR count). The number of hydrogen-bond donors (Lipinski definition) is 1. The smallest absolute Gasteiger partial charge is 0.279 e. The lowest BCUT2D eigenvalue weighted by Gasteiger charge is -2.29. The number of anilines is 1. The molecule has 2 amide bonds. The minimum absolute atomic E-state index is 0.0979. The Morgan fingerprint density at radius 3 is 2.45 bits per heavy atom. The molecule has 4 aromatic rings. The highest BCUT2D eigenvalue weighted by Gasteiger charge is 2.36. The summed E-state index contributed by atoms with van der Waals surface area (Å²) < 4.78 is 10.8. The molecule has 0 fully saturated rings. The highest BCUT2D eigenvalue weighted by Crippen LogP contribution is 2.31. The fourth-order valence-electron chi connectivity index (χ4n) is 3.36. The summed E-state index contributed by atoms with van der Waals surface area (Å²) in [6.07, 6.45) is 5.73. The van der Waals surface area contributed by atoms with Crippen molar-refractivity contribution in [2.45, 2.75) is 12.6 Å². The summed E-state index contributed by atoms with van der Waals surface area (Å²) in [5.41, 5.74) is 1.50. The van der Waals surface area contributed by atoms with Crippen LogP contribution in [0.2, 0.25) is 0 Å². The van der Waals surface area contributed by atoms with Crippen LogP contribution in [0, 0.1) is 0 Å². The predicted octanol–water partition coefficient (Wildman–Crippen LogP) is 3.78. The zero-order valence-corrected chi connectivity index (χ0v) is 17.9. The first kappa shape index (κ1) is 21.8. The third kappa shape index (κ3) is 5.07. The van der Waals surface area contributed by atoms with E-state index >= 15 is 0 Å². The molecule has 33 heavy (non-hydrogen) atoms. The van der Waals surface area contributed by atoms with Gasteiger partial charge in [0.25, 0.3) is 11.8 Å². The normalized spacial score (nSPS) is 11.4. The number of hydrogen-bond acceptors (Lipinski definition) is 6. The van der Waals surface area contributed by atoms with Crippen molar-refractivity contribution in [2.75, 3.05) is 12.0 Å². The Morgan fingerprint density at radius 1 is 1.03 bits per heavy atom. The summed E-state index contributed by atoms with van der Waals surface area (Å²) in [5, 5.41) is 2.91. The fourth-order valence-corrected chi connectivity index (χ4v) is 3.36. The summed E-state index contributed by atoms with van der Waals surface area (Å²) in [6, 6.07) is 18.6. The molecule has 2 heterocycles. The number of furan rings is 1. The summed E-state index contributed by atoms with van der Waals surface area (Å²) in [4.78, 5) is 36.5. The van der Waals surface area contributed by atoms with Gasteiger partial charge in [-0.1, -0.05) is 30.3 Å². The lowest BCUT2D eigenvalue weighted by Crippen LogP contribution is -2.44. The number of aromatic nitrogens is 2. The van der Waals surface area contributed by atoms with Crippen molar-refractivity contribution in [2.24, 2.45) is 0 Å². The predicted molar refractivity (Wildman–Crippen MR) is 122 cm³/mol. The first-order valence-corrected chi connectivity index (χ1v) is 10.3. The standard InChI is InChI=1S/C25H22N4O4/c1-32-20-11-9-19(10-12-20)29(25(31)21-17-26-13-14-27-21)23(22-8-5-15-33-22)24(30)28-16-18-6-3-2-4-7-18/h2-15,17,23H,16H2,1H3,(H,28,30)/t23-/m0/s1. The van der Waals surface area contributed by atoms with E-state index in [0.29, 0.717) is 23.7 Å². The lowest BCUT2D eigenvalue weighted by molar-refractivity contribution is -0.123. The van der Waals surface area contributed by atoms with Gasteiger partial charge in [-0.25, -0.2) is 4.98 Å². The number of amides is 2. The van der Waals surface area contributed by atoms with Crippen molar-refractivity contribution >= 4 is 17.5 Å². The minimum Gasteiger partial charge on any atom is -0.497 e. The van der Waals surface area contributed by atoms with Crippen LogP contribution >= 0.6 is 0 Å². The SMILES string of the molecule is COc1ccc(N(C(=O)c2cnccn2)[C@H](C(=O)NCc2ccccc2)c2ccco2)cc1. The van der Waals surface area contributed by atoms with E-state index in [1.54, 1.807) is 43.5 Å². The largest absolute Gasteiger partial charge is 0.497 e. The second-order valence-corrected chi connectivity index (χ2v) is 7.09. The van der Waals surface area contributed by atoms with Crippen molar-refractivity contribution in [1.29, 1.82) is 0 Å². The van der Waals surface area contributed by atoms with Crippen molar-refractivity contribution in [3.05, 3.63) is 109 Å². The molecule has 166 valence electrons. The van der Waals surface area contributed by atoms with E-state index in [2.05, 4.69) is 15.3 Å². The molecule has 8 heteroatoms. The van der Waals surface area contributed by atoms with Gasteiger partial charge in [-0.15, -0.1) is 0 Å². The number of carbonyl (C=O) groups is 2. The molecular formula is C25H22N4O4. The van der Waals surface area contributed by atoms with E-state index in [9.17, 15) is 9.59 Å². The Bertz CT molecular complexity index is 1180. The molecule has 1 N–H and O–H groups in total. The summed E-state index contributed by atoms with van der Waals surface area (Å²) in [7, 11) is 1.56. The van der Waals surface area contributed by atoms with E-state index in [-0.39, 0.29) is 5.69 Å². The highest BCUT2D eigenvalue weighted by molar-refractivity contribution is 6.08. The number of ether oxygens (including phenoxy) is 1. The number of carbonyl (C=O) groups excluding carboxylic acids is 2. The average molecular weight is 442 g/mol. The van der Waals surface area contributed by atoms with Gasteiger partial charge in [0.05, 0.1) is 19.6 Å². The second kappa shape index (κ2) is 10.2. The van der Waals surface area contributed by atoms with Crippen LogP contribution in [0.4, 0.5) is 5.69 Å². The molecule has 0 aliphatic heterocycles. The van der Waals surface area contributed by atoms with Crippen LogP contribution in [-0.4, -0.2) is 28.9 Å². The molecule has 2 aromatic carbocycles. The highest BCUT2D eigenvalue weighted by atomic mass is 16.5. The van der Waals surface area contributed by atoms with Gasteiger partial charge in [0.2, 0.25) is 0 Å². The monoisotopic (exact) mass is 442 g/mol. The lowest BCUT2D eigenvalue weighted by atomic mass is 10.1. The van der Waals surface area contributed by atoms with Gasteiger partial charge in [-0.05, 0) is 42.0 Å². The molecular weight excluding hydrogens is 420 g/mol. The summed E-state index contributed by atoms with van der Waals surface area (Å²) in [5.74, 6) is 0.0359. The van der Waals surface area contributed by atoms with Crippen LogP contribution < -0.4 is 15.0 Å². The van der Waals surface area contributed by atoms with E-state index < -0.39 is 17.9 Å². The number of nitrogens with one attached hydrogen (secondary N) is 1. The fraction of sp³-hybridized carbons (Fsp3) is 0.120. The van der Waals surface area contributed by atoms with Gasteiger partial charge in [0, 0.05) is 24.6 Å². The van der Waals surface area contributed by atoms with Crippen molar-refractivity contribution < 1.29 is 18.7 Å². The third-order valence-corrected chi connectivity index (χ3v) is 4.98. The molecule has 1 atom stereocenters. The number of benzene rings is 2. The van der Waals surface area contributed by atoms with Crippen LogP contribution in [-0.2, 0) is 11.3 Å². The van der Waals surface area contributed by atoms with Crippen LogP contribution in [0.3, 0.4) is 0 Å². The molecule has 0 saturated carbocycles. The quantitative estimate of drug-likeness (QED) is 0.446. The zero-order valence-electron chi connectivity index (χ0n) is 17.9. The molecule has 2 aromatic heterocycles. The summed E-state index contributed by atoms with van der Waals surface area (Å²) in [6.45, 7) is 0.298. The van der Waals surface area contributed by atoms with Gasteiger partial charge in [-0.2, -0.15) is 0 Å². The van der Waals surface area contributed by atoms with Gasteiger partial charge in [0.15, 0.2) is 6.04 Å². The van der Waals surface area contributed by atoms with Crippen molar-refractivity contribution in [3.63, 3.8) is 0 Å². The molecule has 0 unspecified atom stereocenters. The molecule has 0 aliphatic carbocycles. The molecule has 0 aliphatic rings. The number of rotatable bonds is 8. The van der Waals surface area contributed by atoms with E-state index in [4.69, 9.17) is 9.15 Å². The maximum absolute atomic E-state index is 13.6. The van der Waals surface area contributed by atoms with Gasteiger partial charge in [0.1, 0.15) is 17.2 Å². The van der Waals surface area contributed by atoms with Crippen LogP contribution in [0.1, 0.15) is 27.9 Å². The van der Waals surface area contributed by atoms with Gasteiger partial charge in [-0.3, -0.25) is 19.5 Å².